The zero-order valence-corrected chi connectivity index (χ0v) is 10.5. The minimum absolute atomic E-state index is 0.621. The Morgan fingerprint density at radius 2 is 2.44 bits per heavy atom. The number of halogens is 1. The molecule has 0 unspecified atom stereocenters. The van der Waals surface area contributed by atoms with Crippen LogP contribution in [0.4, 0.5) is 0 Å². The summed E-state index contributed by atoms with van der Waals surface area (Å²) in [6.45, 7) is 8.49. The lowest BCUT2D eigenvalue weighted by molar-refractivity contribution is 0.157. The molecule has 0 saturated heterocycles. The van der Waals surface area contributed by atoms with Crippen molar-refractivity contribution in [3.63, 3.8) is 0 Å². The summed E-state index contributed by atoms with van der Waals surface area (Å²) in [5.74, 6) is 0.921. The van der Waals surface area contributed by atoms with Gasteiger partial charge in [0, 0.05) is 13.6 Å². The van der Waals surface area contributed by atoms with Gasteiger partial charge in [0.1, 0.15) is 11.0 Å². The van der Waals surface area contributed by atoms with E-state index in [1.54, 1.807) is 6.20 Å². The highest BCUT2D eigenvalue weighted by Crippen LogP contribution is 2.08. The van der Waals surface area contributed by atoms with Crippen molar-refractivity contribution in [3.8, 4) is 0 Å². The Kier molecular flexibility index (Phi) is 5.52. The van der Waals surface area contributed by atoms with E-state index in [0.29, 0.717) is 24.9 Å². The zero-order valence-electron chi connectivity index (χ0n) is 9.79. The van der Waals surface area contributed by atoms with Crippen molar-refractivity contribution >= 4 is 11.6 Å². The maximum absolute atomic E-state index is 5.87. The zero-order chi connectivity index (χ0) is 12.0. The summed E-state index contributed by atoms with van der Waals surface area (Å²) < 4.78 is 7.20. The van der Waals surface area contributed by atoms with Crippen LogP contribution < -0.4 is 5.32 Å². The van der Waals surface area contributed by atoms with Crippen molar-refractivity contribution in [3.05, 3.63) is 29.3 Å². The third-order valence-corrected chi connectivity index (χ3v) is 2.43. The predicted octanol–water partition coefficient (Wildman–Crippen LogP) is 1.76. The fraction of sp³-hybridized carbons (Fsp3) is 0.545. The number of imidazole rings is 1. The molecular formula is C11H18ClN3O. The molecule has 0 aliphatic carbocycles. The van der Waals surface area contributed by atoms with E-state index in [0.717, 1.165) is 17.9 Å². The quantitative estimate of drug-likeness (QED) is 0.586. The maximum Gasteiger partial charge on any atom is 0.128 e. The Labute approximate surface area is 101 Å². The molecule has 0 fully saturated rings. The van der Waals surface area contributed by atoms with Gasteiger partial charge >= 0.3 is 0 Å². The van der Waals surface area contributed by atoms with Crippen LogP contribution in [-0.2, 0) is 18.3 Å². The van der Waals surface area contributed by atoms with Gasteiger partial charge in [-0.05, 0) is 6.92 Å². The van der Waals surface area contributed by atoms with Gasteiger partial charge in [-0.1, -0.05) is 23.8 Å². The number of rotatable bonds is 7. The molecule has 0 atom stereocenters. The molecule has 0 aliphatic rings. The highest BCUT2D eigenvalue weighted by atomic mass is 35.5. The maximum atomic E-state index is 5.87. The number of hydrogen-bond donors (Lipinski definition) is 1. The van der Waals surface area contributed by atoms with E-state index in [2.05, 4.69) is 16.9 Å². The molecule has 0 amide bonds. The summed E-state index contributed by atoms with van der Waals surface area (Å²) >= 11 is 5.87. The Hall–Kier alpha value is -0.840. The predicted molar refractivity (Wildman–Crippen MR) is 65.6 cm³/mol. The highest BCUT2D eigenvalue weighted by Gasteiger charge is 2.02. The second-order valence-corrected chi connectivity index (χ2v) is 4.13. The number of aromatic nitrogens is 2. The van der Waals surface area contributed by atoms with Crippen molar-refractivity contribution in [1.29, 1.82) is 0 Å². The lowest BCUT2D eigenvalue weighted by Gasteiger charge is -2.06. The van der Waals surface area contributed by atoms with E-state index in [-0.39, 0.29) is 0 Å². The molecule has 0 aromatic carbocycles. The van der Waals surface area contributed by atoms with Crippen LogP contribution in [0.3, 0.4) is 0 Å². The van der Waals surface area contributed by atoms with Gasteiger partial charge in [0.05, 0.1) is 26.0 Å². The lowest BCUT2D eigenvalue weighted by atomic mass is 10.4. The van der Waals surface area contributed by atoms with Crippen molar-refractivity contribution in [2.45, 2.75) is 13.5 Å². The Bertz CT molecular complexity index is 349. The highest BCUT2D eigenvalue weighted by molar-refractivity contribution is 6.29. The van der Waals surface area contributed by atoms with E-state index >= 15 is 0 Å². The molecule has 1 aromatic rings. The fourth-order valence-electron chi connectivity index (χ4n) is 1.18. The number of hydrogen-bond acceptors (Lipinski definition) is 3. The summed E-state index contributed by atoms with van der Waals surface area (Å²) in [6, 6.07) is 0. The monoisotopic (exact) mass is 243 g/mol. The Morgan fingerprint density at radius 3 is 3.00 bits per heavy atom. The fourth-order valence-corrected chi connectivity index (χ4v) is 1.33. The second-order valence-electron chi connectivity index (χ2n) is 3.74. The van der Waals surface area contributed by atoms with Crippen molar-refractivity contribution in [2.24, 2.45) is 7.05 Å². The van der Waals surface area contributed by atoms with Gasteiger partial charge in [0.25, 0.3) is 0 Å². The molecule has 0 bridgehead atoms. The van der Waals surface area contributed by atoms with Gasteiger partial charge in [-0.15, -0.1) is 0 Å². The van der Waals surface area contributed by atoms with Crippen molar-refractivity contribution in [2.75, 3.05) is 19.8 Å². The normalized spacial score (nSPS) is 10.7. The molecule has 0 aliphatic heterocycles. The SMILES string of the molecule is C=C(C)COCCNCc1ncc(Cl)n1C. The van der Waals surface area contributed by atoms with E-state index in [1.807, 2.05) is 18.5 Å². The number of ether oxygens (including phenoxy) is 1. The van der Waals surface area contributed by atoms with Crippen LogP contribution in [0.1, 0.15) is 12.7 Å². The van der Waals surface area contributed by atoms with Crippen LogP contribution >= 0.6 is 11.6 Å². The van der Waals surface area contributed by atoms with Crippen molar-refractivity contribution in [1.82, 2.24) is 14.9 Å². The summed E-state index contributed by atoms with van der Waals surface area (Å²) in [4.78, 5) is 4.17. The van der Waals surface area contributed by atoms with Crippen LogP contribution in [0.5, 0.6) is 0 Å². The van der Waals surface area contributed by atoms with Gasteiger partial charge < -0.3 is 14.6 Å². The van der Waals surface area contributed by atoms with Gasteiger partial charge in [0.2, 0.25) is 0 Å². The first-order valence-electron chi connectivity index (χ1n) is 5.20. The van der Waals surface area contributed by atoms with E-state index in [1.165, 1.54) is 0 Å². The Morgan fingerprint density at radius 1 is 1.69 bits per heavy atom. The molecule has 90 valence electrons. The Balaban J connectivity index is 2.12. The topological polar surface area (TPSA) is 39.1 Å². The molecule has 0 radical (unpaired) electrons. The van der Waals surface area contributed by atoms with Crippen LogP contribution in [0, 0.1) is 0 Å². The van der Waals surface area contributed by atoms with Gasteiger partial charge in [-0.2, -0.15) is 0 Å². The van der Waals surface area contributed by atoms with Crippen LogP contribution in [0.25, 0.3) is 0 Å². The molecule has 0 saturated carbocycles. The average molecular weight is 244 g/mol. The minimum atomic E-state index is 0.621. The third-order valence-electron chi connectivity index (χ3n) is 2.08. The average Bonchev–Trinajstić information content (AvgIpc) is 2.54. The molecule has 5 heteroatoms. The van der Waals surface area contributed by atoms with E-state index in [4.69, 9.17) is 16.3 Å². The van der Waals surface area contributed by atoms with E-state index < -0.39 is 0 Å². The first-order chi connectivity index (χ1) is 7.61. The molecule has 1 N–H and O–H groups in total. The largest absolute Gasteiger partial charge is 0.376 e. The molecule has 1 aromatic heterocycles. The lowest BCUT2D eigenvalue weighted by Crippen LogP contribution is -2.21. The first-order valence-corrected chi connectivity index (χ1v) is 5.58. The minimum Gasteiger partial charge on any atom is -0.376 e. The molecular weight excluding hydrogens is 226 g/mol. The number of nitrogens with zero attached hydrogens (tertiary/aromatic N) is 2. The van der Waals surface area contributed by atoms with Crippen molar-refractivity contribution < 1.29 is 4.74 Å². The second kappa shape index (κ2) is 6.68. The van der Waals surface area contributed by atoms with Crippen LogP contribution in [0.15, 0.2) is 18.3 Å². The summed E-state index contributed by atoms with van der Waals surface area (Å²) in [5.41, 5.74) is 1.04. The van der Waals surface area contributed by atoms with Gasteiger partial charge in [-0.3, -0.25) is 0 Å². The molecule has 1 heterocycles. The standard InChI is InChI=1S/C11H18ClN3O/c1-9(2)8-16-5-4-13-7-11-14-6-10(12)15(11)3/h6,13H,1,4-5,7-8H2,2-3H3. The number of nitrogens with one attached hydrogen (secondary N) is 1. The summed E-state index contributed by atoms with van der Waals surface area (Å²) in [7, 11) is 1.89. The van der Waals surface area contributed by atoms with E-state index in [9.17, 15) is 0 Å². The van der Waals surface area contributed by atoms with Crippen LogP contribution in [-0.4, -0.2) is 29.3 Å². The molecule has 4 nitrogen and oxygen atoms in total. The van der Waals surface area contributed by atoms with Crippen LogP contribution in [0.2, 0.25) is 5.15 Å². The molecule has 1 rings (SSSR count). The third kappa shape index (κ3) is 4.35. The van der Waals surface area contributed by atoms with Gasteiger partial charge in [0.15, 0.2) is 0 Å². The molecule has 16 heavy (non-hydrogen) atoms. The summed E-state index contributed by atoms with van der Waals surface area (Å²) in [5, 5.41) is 3.88. The first kappa shape index (κ1) is 13.2. The van der Waals surface area contributed by atoms with Gasteiger partial charge in [-0.25, -0.2) is 4.98 Å². The smallest absolute Gasteiger partial charge is 0.128 e. The summed E-state index contributed by atoms with van der Waals surface area (Å²) in [6.07, 6.45) is 1.65. The molecule has 0 spiro atoms.